The number of hydrogen-bond donors (Lipinski definition) is 1. The lowest BCUT2D eigenvalue weighted by molar-refractivity contribution is -0.117. The highest BCUT2D eigenvalue weighted by molar-refractivity contribution is 5.77. The van der Waals surface area contributed by atoms with Gasteiger partial charge in [-0.05, 0) is 16.7 Å². The topological polar surface area (TPSA) is 82.0 Å². The molecule has 0 aliphatic carbocycles. The van der Waals surface area contributed by atoms with E-state index in [4.69, 9.17) is 10.3 Å². The lowest BCUT2D eigenvalue weighted by Crippen LogP contribution is -2.13. The molecular weight excluding hydrogens is 278 g/mol. The van der Waals surface area contributed by atoms with Gasteiger partial charge in [0.1, 0.15) is 0 Å². The molecule has 5 nitrogen and oxygen atoms in total. The van der Waals surface area contributed by atoms with Gasteiger partial charge in [0.2, 0.25) is 17.6 Å². The van der Waals surface area contributed by atoms with Crippen molar-refractivity contribution in [2.24, 2.45) is 5.73 Å². The van der Waals surface area contributed by atoms with Gasteiger partial charge in [-0.25, -0.2) is 0 Å². The molecule has 3 aromatic rings. The van der Waals surface area contributed by atoms with E-state index in [2.05, 4.69) is 10.1 Å². The van der Waals surface area contributed by atoms with E-state index in [0.717, 1.165) is 22.3 Å². The SMILES string of the molecule is Cc1nc(-c2ccc(-c3ccc(CC(N)=O)cc3)cc2)no1. The van der Waals surface area contributed by atoms with Crippen molar-refractivity contribution >= 4 is 5.91 Å². The maximum Gasteiger partial charge on any atom is 0.223 e. The zero-order chi connectivity index (χ0) is 15.5. The highest BCUT2D eigenvalue weighted by atomic mass is 16.5. The minimum atomic E-state index is -0.326. The summed E-state index contributed by atoms with van der Waals surface area (Å²) in [4.78, 5) is 15.1. The number of amides is 1. The van der Waals surface area contributed by atoms with Gasteiger partial charge < -0.3 is 10.3 Å². The molecule has 0 aliphatic rings. The molecule has 0 saturated carbocycles. The molecule has 2 aromatic carbocycles. The first-order valence-electron chi connectivity index (χ1n) is 6.90. The van der Waals surface area contributed by atoms with E-state index in [9.17, 15) is 4.79 Å². The Labute approximate surface area is 127 Å². The highest BCUT2D eigenvalue weighted by Crippen LogP contribution is 2.23. The summed E-state index contributed by atoms with van der Waals surface area (Å²) in [5.74, 6) is 0.803. The van der Waals surface area contributed by atoms with Crippen LogP contribution in [0.1, 0.15) is 11.5 Å². The first kappa shape index (κ1) is 14.0. The van der Waals surface area contributed by atoms with Gasteiger partial charge in [0.25, 0.3) is 0 Å². The number of primary amides is 1. The van der Waals surface area contributed by atoms with Crippen LogP contribution in [-0.2, 0) is 11.2 Å². The van der Waals surface area contributed by atoms with Crippen LogP contribution in [0.2, 0.25) is 0 Å². The Morgan fingerprint density at radius 3 is 2.05 bits per heavy atom. The van der Waals surface area contributed by atoms with Crippen LogP contribution in [0.3, 0.4) is 0 Å². The van der Waals surface area contributed by atoms with Crippen molar-refractivity contribution in [2.75, 3.05) is 0 Å². The molecule has 0 spiro atoms. The molecule has 1 heterocycles. The third-order valence-corrected chi connectivity index (χ3v) is 3.34. The van der Waals surface area contributed by atoms with Crippen LogP contribution in [0.5, 0.6) is 0 Å². The van der Waals surface area contributed by atoms with E-state index >= 15 is 0 Å². The van der Waals surface area contributed by atoms with Crippen LogP contribution in [0.4, 0.5) is 0 Å². The molecule has 5 heteroatoms. The van der Waals surface area contributed by atoms with E-state index in [1.165, 1.54) is 0 Å². The van der Waals surface area contributed by atoms with Gasteiger partial charge in [-0.15, -0.1) is 0 Å². The van der Waals surface area contributed by atoms with E-state index < -0.39 is 0 Å². The van der Waals surface area contributed by atoms with Crippen molar-refractivity contribution in [3.8, 4) is 22.5 Å². The van der Waals surface area contributed by atoms with Gasteiger partial charge in [0.15, 0.2) is 0 Å². The number of hydrogen-bond acceptors (Lipinski definition) is 4. The fourth-order valence-corrected chi connectivity index (χ4v) is 2.24. The normalized spacial score (nSPS) is 10.6. The van der Waals surface area contributed by atoms with Crippen LogP contribution in [0.15, 0.2) is 53.1 Å². The Kier molecular flexibility index (Phi) is 3.70. The number of nitrogens with two attached hydrogens (primary N) is 1. The zero-order valence-electron chi connectivity index (χ0n) is 12.1. The Hall–Kier alpha value is -2.95. The second kappa shape index (κ2) is 5.81. The monoisotopic (exact) mass is 293 g/mol. The summed E-state index contributed by atoms with van der Waals surface area (Å²) in [6.45, 7) is 1.76. The summed E-state index contributed by atoms with van der Waals surface area (Å²) in [5, 5.41) is 3.90. The van der Waals surface area contributed by atoms with Gasteiger partial charge in [-0.3, -0.25) is 4.79 Å². The van der Waals surface area contributed by atoms with Crippen LogP contribution < -0.4 is 5.73 Å². The summed E-state index contributed by atoms with van der Waals surface area (Å²) >= 11 is 0. The molecule has 1 aromatic heterocycles. The molecule has 0 bridgehead atoms. The summed E-state index contributed by atoms with van der Waals surface area (Å²) in [6, 6.07) is 15.7. The van der Waals surface area contributed by atoms with Gasteiger partial charge in [0, 0.05) is 12.5 Å². The van der Waals surface area contributed by atoms with Crippen molar-refractivity contribution in [3.63, 3.8) is 0 Å². The van der Waals surface area contributed by atoms with Crippen LogP contribution in [-0.4, -0.2) is 16.0 Å². The van der Waals surface area contributed by atoms with Crippen LogP contribution in [0.25, 0.3) is 22.5 Å². The molecule has 110 valence electrons. The Morgan fingerprint density at radius 1 is 1.00 bits per heavy atom. The lowest BCUT2D eigenvalue weighted by Gasteiger charge is -2.04. The molecule has 22 heavy (non-hydrogen) atoms. The van der Waals surface area contributed by atoms with Gasteiger partial charge in [-0.1, -0.05) is 53.7 Å². The van der Waals surface area contributed by atoms with E-state index in [1.54, 1.807) is 6.92 Å². The smallest absolute Gasteiger partial charge is 0.223 e. The second-order valence-corrected chi connectivity index (χ2v) is 5.05. The molecule has 0 atom stereocenters. The van der Waals surface area contributed by atoms with Crippen LogP contribution in [0, 0.1) is 6.92 Å². The summed E-state index contributed by atoms with van der Waals surface area (Å²) in [6.07, 6.45) is 0.260. The number of benzene rings is 2. The lowest BCUT2D eigenvalue weighted by atomic mass is 10.0. The molecular formula is C17H15N3O2. The highest BCUT2D eigenvalue weighted by Gasteiger charge is 2.06. The number of carbonyl (C=O) groups excluding carboxylic acids is 1. The Balaban J connectivity index is 1.82. The third-order valence-electron chi connectivity index (χ3n) is 3.34. The fourth-order valence-electron chi connectivity index (χ4n) is 2.24. The van der Waals surface area contributed by atoms with Crippen molar-refractivity contribution in [3.05, 3.63) is 60.0 Å². The molecule has 1 amide bonds. The van der Waals surface area contributed by atoms with Crippen LogP contribution >= 0.6 is 0 Å². The second-order valence-electron chi connectivity index (χ2n) is 5.05. The number of rotatable bonds is 4. The zero-order valence-corrected chi connectivity index (χ0v) is 12.1. The van der Waals surface area contributed by atoms with Crippen molar-refractivity contribution in [1.29, 1.82) is 0 Å². The maximum absolute atomic E-state index is 10.9. The summed E-state index contributed by atoms with van der Waals surface area (Å²) in [5.41, 5.74) is 9.16. The maximum atomic E-state index is 10.9. The first-order valence-corrected chi connectivity index (χ1v) is 6.90. The minimum Gasteiger partial charge on any atom is -0.369 e. The van der Waals surface area contributed by atoms with Gasteiger partial charge in [-0.2, -0.15) is 4.98 Å². The number of aryl methyl sites for hydroxylation is 1. The minimum absolute atomic E-state index is 0.260. The quantitative estimate of drug-likeness (QED) is 0.801. The molecule has 0 aliphatic heterocycles. The van der Waals surface area contributed by atoms with E-state index in [1.807, 2.05) is 48.5 Å². The standard InChI is InChI=1S/C17H15N3O2/c1-11-19-17(20-22-11)15-8-6-14(7-9-15)13-4-2-12(3-5-13)10-16(18)21/h2-9H,10H2,1H3,(H2,18,21). The average Bonchev–Trinajstić information content (AvgIpc) is 2.94. The predicted octanol–water partition coefficient (Wildman–Crippen LogP) is 2.74. The average molecular weight is 293 g/mol. The van der Waals surface area contributed by atoms with Gasteiger partial charge >= 0.3 is 0 Å². The summed E-state index contributed by atoms with van der Waals surface area (Å²) < 4.78 is 4.98. The molecule has 0 fully saturated rings. The molecule has 0 unspecified atom stereocenters. The molecule has 2 N–H and O–H groups in total. The molecule has 3 rings (SSSR count). The fraction of sp³-hybridized carbons (Fsp3) is 0.118. The molecule has 0 saturated heterocycles. The Bertz CT molecular complexity index is 790. The molecule has 0 radical (unpaired) electrons. The van der Waals surface area contributed by atoms with E-state index in [-0.39, 0.29) is 12.3 Å². The first-order chi connectivity index (χ1) is 10.6. The number of nitrogens with zero attached hydrogens (tertiary/aromatic N) is 2. The predicted molar refractivity (Wildman–Crippen MR) is 82.8 cm³/mol. The Morgan fingerprint density at radius 2 is 1.55 bits per heavy atom. The third kappa shape index (κ3) is 3.03. The van der Waals surface area contributed by atoms with Crippen molar-refractivity contribution in [2.45, 2.75) is 13.3 Å². The van der Waals surface area contributed by atoms with Crippen molar-refractivity contribution < 1.29 is 9.32 Å². The number of aromatic nitrogens is 2. The summed E-state index contributed by atoms with van der Waals surface area (Å²) in [7, 11) is 0. The van der Waals surface area contributed by atoms with E-state index in [0.29, 0.717) is 11.7 Å². The number of carbonyl (C=O) groups is 1. The largest absolute Gasteiger partial charge is 0.369 e. The van der Waals surface area contributed by atoms with Gasteiger partial charge in [0.05, 0.1) is 6.42 Å². The van der Waals surface area contributed by atoms with Crippen molar-refractivity contribution in [1.82, 2.24) is 10.1 Å².